The highest BCUT2D eigenvalue weighted by Crippen LogP contribution is 2.22. The fraction of sp³-hybridized carbons (Fsp3) is 0.923. The van der Waals surface area contributed by atoms with Crippen molar-refractivity contribution >= 4 is 5.91 Å². The van der Waals surface area contributed by atoms with Crippen molar-refractivity contribution in [2.24, 2.45) is 11.7 Å². The predicted molar refractivity (Wildman–Crippen MR) is 67.1 cm³/mol. The topological polar surface area (TPSA) is 46.3 Å². The molecular formula is C13H26N2O. The smallest absolute Gasteiger partial charge is 0.239 e. The summed E-state index contributed by atoms with van der Waals surface area (Å²) in [6.45, 7) is 7.14. The Morgan fingerprint density at radius 2 is 2.00 bits per heavy atom. The molecule has 1 unspecified atom stereocenters. The number of likely N-dealkylation sites (tertiary alicyclic amines) is 1. The minimum absolute atomic E-state index is 0.132. The molecule has 2 atom stereocenters. The van der Waals surface area contributed by atoms with Crippen LogP contribution in [-0.2, 0) is 4.79 Å². The summed E-state index contributed by atoms with van der Waals surface area (Å²) in [5, 5.41) is 0. The van der Waals surface area contributed by atoms with Gasteiger partial charge in [-0.1, -0.05) is 26.7 Å². The van der Waals surface area contributed by atoms with E-state index in [0.717, 1.165) is 25.8 Å². The monoisotopic (exact) mass is 226 g/mol. The molecule has 2 N–H and O–H groups in total. The van der Waals surface area contributed by atoms with E-state index in [2.05, 4.69) is 13.8 Å². The Labute approximate surface area is 99.4 Å². The molecule has 1 fully saturated rings. The van der Waals surface area contributed by atoms with Crippen LogP contribution in [0.3, 0.4) is 0 Å². The van der Waals surface area contributed by atoms with E-state index in [9.17, 15) is 4.79 Å². The first-order valence-electron chi connectivity index (χ1n) is 6.58. The molecule has 0 aromatic rings. The number of nitrogens with two attached hydrogens (primary N) is 1. The van der Waals surface area contributed by atoms with Crippen molar-refractivity contribution in [2.75, 3.05) is 6.54 Å². The molecule has 1 heterocycles. The lowest BCUT2D eigenvalue weighted by molar-refractivity contribution is -0.134. The van der Waals surface area contributed by atoms with Crippen molar-refractivity contribution in [2.45, 2.75) is 65.0 Å². The van der Waals surface area contributed by atoms with Gasteiger partial charge >= 0.3 is 0 Å². The summed E-state index contributed by atoms with van der Waals surface area (Å²) in [6, 6.07) is 0.0637. The van der Waals surface area contributed by atoms with Gasteiger partial charge in [0.2, 0.25) is 5.91 Å². The van der Waals surface area contributed by atoms with Gasteiger partial charge < -0.3 is 10.6 Å². The number of carbonyl (C=O) groups is 1. The maximum atomic E-state index is 12.0. The lowest BCUT2D eigenvalue weighted by Gasteiger charge is -2.32. The minimum atomic E-state index is -0.354. The van der Waals surface area contributed by atoms with Gasteiger partial charge in [0, 0.05) is 12.6 Å². The van der Waals surface area contributed by atoms with Gasteiger partial charge in [0.1, 0.15) is 0 Å². The van der Waals surface area contributed by atoms with Crippen molar-refractivity contribution in [3.05, 3.63) is 0 Å². The maximum absolute atomic E-state index is 12.0. The molecule has 0 aromatic heterocycles. The number of hydrogen-bond donors (Lipinski definition) is 1. The average molecular weight is 226 g/mol. The van der Waals surface area contributed by atoms with Crippen LogP contribution in [0.25, 0.3) is 0 Å². The van der Waals surface area contributed by atoms with E-state index in [0.29, 0.717) is 12.0 Å². The maximum Gasteiger partial charge on any atom is 0.239 e. The minimum Gasteiger partial charge on any atom is -0.338 e. The summed E-state index contributed by atoms with van der Waals surface area (Å²) in [5.74, 6) is 0.777. The van der Waals surface area contributed by atoms with Crippen LogP contribution in [-0.4, -0.2) is 29.4 Å². The third kappa shape index (κ3) is 3.78. The molecule has 3 heteroatoms. The first-order valence-corrected chi connectivity index (χ1v) is 6.58. The molecule has 0 saturated carbocycles. The van der Waals surface area contributed by atoms with E-state index in [1.54, 1.807) is 6.92 Å². The lowest BCUT2D eigenvalue weighted by Crippen LogP contribution is -2.47. The second-order valence-electron chi connectivity index (χ2n) is 5.45. The molecule has 16 heavy (non-hydrogen) atoms. The number of nitrogens with zero attached hydrogens (tertiary/aromatic N) is 1. The highest BCUT2D eigenvalue weighted by atomic mass is 16.2. The van der Waals surface area contributed by atoms with Crippen LogP contribution >= 0.6 is 0 Å². The number of carbonyl (C=O) groups excluding carboxylic acids is 1. The van der Waals surface area contributed by atoms with Gasteiger partial charge in [-0.25, -0.2) is 0 Å². The van der Waals surface area contributed by atoms with Crippen LogP contribution in [0.5, 0.6) is 0 Å². The molecular weight excluding hydrogens is 200 g/mol. The summed E-state index contributed by atoms with van der Waals surface area (Å²) >= 11 is 0. The van der Waals surface area contributed by atoms with Gasteiger partial charge in [-0.3, -0.25) is 4.79 Å². The first-order chi connectivity index (χ1) is 7.52. The molecule has 3 nitrogen and oxygen atoms in total. The van der Waals surface area contributed by atoms with Gasteiger partial charge in [-0.15, -0.1) is 0 Å². The second kappa shape index (κ2) is 6.24. The highest BCUT2D eigenvalue weighted by molar-refractivity contribution is 5.81. The molecule has 1 saturated heterocycles. The van der Waals surface area contributed by atoms with Crippen LogP contribution in [0, 0.1) is 5.92 Å². The number of hydrogen-bond acceptors (Lipinski definition) is 2. The van der Waals surface area contributed by atoms with Crippen LogP contribution < -0.4 is 5.73 Å². The van der Waals surface area contributed by atoms with Crippen molar-refractivity contribution in [3.63, 3.8) is 0 Å². The van der Waals surface area contributed by atoms with Gasteiger partial charge in [0.05, 0.1) is 6.04 Å². The molecule has 1 aliphatic rings. The van der Waals surface area contributed by atoms with E-state index in [4.69, 9.17) is 5.73 Å². The zero-order valence-electron chi connectivity index (χ0n) is 10.9. The standard InChI is InChI=1S/C13H26N2O/c1-10(2)9-12-7-5-4-6-8-15(12)13(16)11(3)14/h10-12H,4-9,14H2,1-3H3/t11-,12?/m0/s1. The third-order valence-electron chi connectivity index (χ3n) is 3.29. The van der Waals surface area contributed by atoms with Gasteiger partial charge in [0.25, 0.3) is 0 Å². The molecule has 1 amide bonds. The van der Waals surface area contributed by atoms with Gasteiger partial charge in [0.15, 0.2) is 0 Å². The zero-order chi connectivity index (χ0) is 12.1. The molecule has 0 bridgehead atoms. The Balaban J connectivity index is 2.69. The van der Waals surface area contributed by atoms with E-state index in [-0.39, 0.29) is 11.9 Å². The van der Waals surface area contributed by atoms with Crippen molar-refractivity contribution < 1.29 is 4.79 Å². The van der Waals surface area contributed by atoms with E-state index in [1.165, 1.54) is 12.8 Å². The molecule has 94 valence electrons. The highest BCUT2D eigenvalue weighted by Gasteiger charge is 2.27. The Morgan fingerprint density at radius 1 is 1.31 bits per heavy atom. The SMILES string of the molecule is CC(C)CC1CCCCCN1C(=O)[C@H](C)N. The quantitative estimate of drug-likeness (QED) is 0.801. The van der Waals surface area contributed by atoms with E-state index in [1.807, 2.05) is 4.90 Å². The van der Waals surface area contributed by atoms with Gasteiger partial charge in [-0.05, 0) is 32.1 Å². The molecule has 1 rings (SSSR count). The van der Waals surface area contributed by atoms with Gasteiger partial charge in [-0.2, -0.15) is 0 Å². The summed E-state index contributed by atoms with van der Waals surface area (Å²) in [5.41, 5.74) is 5.72. The number of rotatable bonds is 3. The molecule has 1 aliphatic heterocycles. The van der Waals surface area contributed by atoms with Crippen LogP contribution in [0.2, 0.25) is 0 Å². The molecule has 0 aromatic carbocycles. The van der Waals surface area contributed by atoms with E-state index >= 15 is 0 Å². The van der Waals surface area contributed by atoms with Crippen LogP contribution in [0.1, 0.15) is 52.9 Å². The Morgan fingerprint density at radius 3 is 2.56 bits per heavy atom. The summed E-state index contributed by atoms with van der Waals surface area (Å²) in [6.07, 6.45) is 5.89. The fourth-order valence-corrected chi connectivity index (χ4v) is 2.52. The molecule has 0 aliphatic carbocycles. The first kappa shape index (κ1) is 13.5. The summed E-state index contributed by atoms with van der Waals surface area (Å²) in [7, 11) is 0. The average Bonchev–Trinajstić information content (AvgIpc) is 2.41. The molecule has 0 spiro atoms. The number of amides is 1. The summed E-state index contributed by atoms with van der Waals surface area (Å²) < 4.78 is 0. The Kier molecular flexibility index (Phi) is 5.26. The lowest BCUT2D eigenvalue weighted by atomic mass is 9.98. The second-order valence-corrected chi connectivity index (χ2v) is 5.45. The third-order valence-corrected chi connectivity index (χ3v) is 3.29. The fourth-order valence-electron chi connectivity index (χ4n) is 2.52. The van der Waals surface area contributed by atoms with Crippen molar-refractivity contribution in [3.8, 4) is 0 Å². The van der Waals surface area contributed by atoms with Crippen LogP contribution in [0.15, 0.2) is 0 Å². The predicted octanol–water partition coefficient (Wildman–Crippen LogP) is 2.15. The van der Waals surface area contributed by atoms with Crippen molar-refractivity contribution in [1.29, 1.82) is 0 Å². The summed E-state index contributed by atoms with van der Waals surface area (Å²) in [4.78, 5) is 14.1. The Bertz CT molecular complexity index is 226. The zero-order valence-corrected chi connectivity index (χ0v) is 10.9. The largest absolute Gasteiger partial charge is 0.338 e. The normalized spacial score (nSPS) is 24.3. The van der Waals surface area contributed by atoms with Crippen molar-refractivity contribution in [1.82, 2.24) is 4.90 Å². The molecule has 0 radical (unpaired) electrons. The van der Waals surface area contributed by atoms with E-state index < -0.39 is 0 Å². The Hall–Kier alpha value is -0.570. The van der Waals surface area contributed by atoms with Crippen LogP contribution in [0.4, 0.5) is 0 Å².